The molecule has 5 N–H and O–H groups in total. The minimum Gasteiger partial charge on any atom is -0.398 e. The molecule has 0 amide bonds. The fourth-order valence-electron chi connectivity index (χ4n) is 1.44. The Morgan fingerprint density at radius 1 is 1.40 bits per heavy atom. The van der Waals surface area contributed by atoms with Crippen molar-refractivity contribution in [3.05, 3.63) is 46.4 Å². The lowest BCUT2D eigenvalue weighted by Crippen LogP contribution is -2.28. The summed E-state index contributed by atoms with van der Waals surface area (Å²) in [5.74, 6) is 5.54. The number of pyridine rings is 1. The lowest BCUT2D eigenvalue weighted by atomic mass is 10.1. The van der Waals surface area contributed by atoms with Gasteiger partial charge < -0.3 is 5.73 Å². The molecule has 0 saturated heterocycles. The summed E-state index contributed by atoms with van der Waals surface area (Å²) in [5, 5.41) is 2.01. The summed E-state index contributed by atoms with van der Waals surface area (Å²) in [4.78, 5) is 5.18. The Balaban J connectivity index is 2.40. The van der Waals surface area contributed by atoms with Crippen molar-refractivity contribution in [1.82, 2.24) is 10.4 Å². The van der Waals surface area contributed by atoms with Gasteiger partial charge in [-0.25, -0.2) is 5.43 Å². The van der Waals surface area contributed by atoms with Crippen LogP contribution in [0.5, 0.6) is 0 Å². The summed E-state index contributed by atoms with van der Waals surface area (Å²) in [7, 11) is 0. The number of hydrogen-bond donors (Lipinski definition) is 3. The summed E-state index contributed by atoms with van der Waals surface area (Å²) < 4.78 is 0. The number of nitrogen functional groups attached to an aromatic ring is 1. The molecule has 78 valence electrons. The van der Waals surface area contributed by atoms with E-state index in [4.69, 9.17) is 11.6 Å². The highest BCUT2D eigenvalue weighted by Crippen LogP contribution is 2.27. The fraction of sp³-hybridized carbons (Fsp3) is 0.100. The zero-order valence-electron chi connectivity index (χ0n) is 8.05. The standard InChI is InChI=1S/C10H12N4S/c11-8-3-4-13-6-7(8)10(14-12)9-2-1-5-15-9/h1-6,10,14H,12H2,(H2,11,13). The van der Waals surface area contributed by atoms with Crippen LogP contribution < -0.4 is 17.0 Å². The lowest BCUT2D eigenvalue weighted by molar-refractivity contribution is 0.646. The van der Waals surface area contributed by atoms with Crippen LogP contribution >= 0.6 is 11.3 Å². The van der Waals surface area contributed by atoms with Gasteiger partial charge >= 0.3 is 0 Å². The van der Waals surface area contributed by atoms with E-state index in [1.54, 1.807) is 29.8 Å². The van der Waals surface area contributed by atoms with Gasteiger partial charge in [-0.05, 0) is 17.5 Å². The maximum absolute atomic E-state index is 5.87. The Morgan fingerprint density at radius 2 is 2.27 bits per heavy atom. The molecule has 0 bridgehead atoms. The molecule has 2 rings (SSSR count). The van der Waals surface area contributed by atoms with E-state index in [1.165, 1.54) is 0 Å². The highest BCUT2D eigenvalue weighted by molar-refractivity contribution is 7.10. The Hall–Kier alpha value is -1.43. The number of nitrogens with two attached hydrogens (primary N) is 2. The van der Waals surface area contributed by atoms with E-state index in [1.807, 2.05) is 17.5 Å². The second-order valence-electron chi connectivity index (χ2n) is 3.12. The first-order valence-corrected chi connectivity index (χ1v) is 5.40. The topological polar surface area (TPSA) is 77.0 Å². The van der Waals surface area contributed by atoms with Gasteiger partial charge in [-0.15, -0.1) is 11.3 Å². The number of aromatic nitrogens is 1. The van der Waals surface area contributed by atoms with E-state index in [-0.39, 0.29) is 6.04 Å². The third-order valence-electron chi connectivity index (χ3n) is 2.19. The van der Waals surface area contributed by atoms with Gasteiger partial charge in [-0.2, -0.15) is 0 Å². The highest BCUT2D eigenvalue weighted by atomic mass is 32.1. The van der Waals surface area contributed by atoms with Crippen LogP contribution in [0.3, 0.4) is 0 Å². The van der Waals surface area contributed by atoms with Crippen LogP contribution in [0.2, 0.25) is 0 Å². The summed E-state index contributed by atoms with van der Waals surface area (Å²) in [5.41, 5.74) is 10.2. The molecular formula is C10H12N4S. The van der Waals surface area contributed by atoms with Gasteiger partial charge in [0, 0.05) is 28.5 Å². The number of nitrogens with zero attached hydrogens (tertiary/aromatic N) is 1. The number of hydrazine groups is 1. The van der Waals surface area contributed by atoms with Crippen molar-refractivity contribution in [3.8, 4) is 0 Å². The molecule has 2 aromatic heterocycles. The van der Waals surface area contributed by atoms with Crippen LogP contribution in [0.15, 0.2) is 36.0 Å². The number of hydrogen-bond acceptors (Lipinski definition) is 5. The number of thiophene rings is 1. The van der Waals surface area contributed by atoms with Crippen molar-refractivity contribution < 1.29 is 0 Å². The molecule has 0 aliphatic heterocycles. The third-order valence-corrected chi connectivity index (χ3v) is 3.13. The minimum absolute atomic E-state index is 0.0845. The van der Waals surface area contributed by atoms with Crippen molar-refractivity contribution in [2.75, 3.05) is 5.73 Å². The molecule has 0 aromatic carbocycles. The van der Waals surface area contributed by atoms with Crippen molar-refractivity contribution >= 4 is 17.0 Å². The second kappa shape index (κ2) is 4.39. The average Bonchev–Trinajstić information content (AvgIpc) is 2.75. The predicted molar refractivity (Wildman–Crippen MR) is 62.1 cm³/mol. The zero-order valence-corrected chi connectivity index (χ0v) is 8.87. The molecule has 2 heterocycles. The Labute approximate surface area is 91.9 Å². The van der Waals surface area contributed by atoms with Crippen LogP contribution in [0.25, 0.3) is 0 Å². The number of nitrogens with one attached hydrogen (secondary N) is 1. The van der Waals surface area contributed by atoms with E-state index < -0.39 is 0 Å². The molecule has 1 unspecified atom stereocenters. The van der Waals surface area contributed by atoms with Gasteiger partial charge in [0.2, 0.25) is 0 Å². The van der Waals surface area contributed by atoms with Gasteiger partial charge in [0.1, 0.15) is 0 Å². The van der Waals surface area contributed by atoms with Crippen LogP contribution in [-0.4, -0.2) is 4.98 Å². The molecule has 0 spiro atoms. The molecule has 4 nitrogen and oxygen atoms in total. The third kappa shape index (κ3) is 1.99. The SMILES string of the molecule is NNC(c1cccs1)c1cnccc1N. The van der Waals surface area contributed by atoms with Crippen molar-refractivity contribution in [2.24, 2.45) is 5.84 Å². The van der Waals surface area contributed by atoms with Crippen molar-refractivity contribution in [3.63, 3.8) is 0 Å². The minimum atomic E-state index is -0.0845. The Kier molecular flexibility index (Phi) is 2.96. The first-order valence-electron chi connectivity index (χ1n) is 4.52. The molecule has 0 saturated carbocycles. The molecule has 0 fully saturated rings. The summed E-state index contributed by atoms with van der Waals surface area (Å²) in [6.07, 6.45) is 3.40. The van der Waals surface area contributed by atoms with Gasteiger partial charge in [0.25, 0.3) is 0 Å². The lowest BCUT2D eigenvalue weighted by Gasteiger charge is -2.15. The van der Waals surface area contributed by atoms with E-state index in [2.05, 4.69) is 10.4 Å². The molecule has 2 aromatic rings. The van der Waals surface area contributed by atoms with Crippen LogP contribution in [0, 0.1) is 0 Å². The number of anilines is 1. The summed E-state index contributed by atoms with van der Waals surface area (Å²) >= 11 is 1.63. The normalized spacial score (nSPS) is 12.6. The first kappa shape index (κ1) is 10.1. The maximum Gasteiger partial charge on any atom is 0.0837 e. The van der Waals surface area contributed by atoms with E-state index in [0.29, 0.717) is 5.69 Å². The van der Waals surface area contributed by atoms with Crippen LogP contribution in [0.1, 0.15) is 16.5 Å². The van der Waals surface area contributed by atoms with Gasteiger partial charge in [0.15, 0.2) is 0 Å². The molecule has 1 atom stereocenters. The van der Waals surface area contributed by atoms with E-state index >= 15 is 0 Å². The quantitative estimate of drug-likeness (QED) is 0.538. The van der Waals surface area contributed by atoms with E-state index in [9.17, 15) is 0 Å². The Bertz CT molecular complexity index is 427. The Morgan fingerprint density at radius 3 is 2.87 bits per heavy atom. The van der Waals surface area contributed by atoms with Gasteiger partial charge in [-0.3, -0.25) is 10.8 Å². The second-order valence-corrected chi connectivity index (χ2v) is 4.10. The molecule has 0 aliphatic carbocycles. The fourth-order valence-corrected chi connectivity index (χ4v) is 2.24. The predicted octanol–water partition coefficient (Wildman–Crippen LogP) is 1.28. The first-order chi connectivity index (χ1) is 7.33. The molecule has 5 heteroatoms. The van der Waals surface area contributed by atoms with Crippen LogP contribution in [0.4, 0.5) is 5.69 Å². The largest absolute Gasteiger partial charge is 0.398 e. The molecule has 15 heavy (non-hydrogen) atoms. The van der Waals surface area contributed by atoms with Gasteiger partial charge in [0.05, 0.1) is 6.04 Å². The van der Waals surface area contributed by atoms with Crippen molar-refractivity contribution in [2.45, 2.75) is 6.04 Å². The number of rotatable bonds is 3. The summed E-state index contributed by atoms with van der Waals surface area (Å²) in [6.45, 7) is 0. The average molecular weight is 220 g/mol. The maximum atomic E-state index is 5.87. The smallest absolute Gasteiger partial charge is 0.0837 e. The monoisotopic (exact) mass is 220 g/mol. The zero-order chi connectivity index (χ0) is 10.7. The van der Waals surface area contributed by atoms with Gasteiger partial charge in [-0.1, -0.05) is 6.07 Å². The molecular weight excluding hydrogens is 208 g/mol. The molecule has 0 aliphatic rings. The molecule has 0 radical (unpaired) electrons. The summed E-state index contributed by atoms with van der Waals surface area (Å²) in [6, 6.07) is 5.69. The van der Waals surface area contributed by atoms with Crippen LogP contribution in [-0.2, 0) is 0 Å². The van der Waals surface area contributed by atoms with E-state index in [0.717, 1.165) is 10.4 Å². The highest BCUT2D eigenvalue weighted by Gasteiger charge is 2.15. The van der Waals surface area contributed by atoms with Crippen molar-refractivity contribution in [1.29, 1.82) is 0 Å².